The SMILES string of the molecule is C=CC(=O)OC(CCCCCCCCCC)OC(F)(F)C(F)(F)C(F)(F)F. The van der Waals surface area contributed by atoms with Gasteiger partial charge in [-0.1, -0.05) is 58.4 Å². The summed E-state index contributed by atoms with van der Waals surface area (Å²) >= 11 is 0. The van der Waals surface area contributed by atoms with Gasteiger partial charge in [0.2, 0.25) is 6.29 Å². The predicted molar refractivity (Wildman–Crippen MR) is 84.3 cm³/mol. The monoisotopic (exact) mass is 410 g/mol. The number of esters is 1. The van der Waals surface area contributed by atoms with Crippen LogP contribution in [0.3, 0.4) is 0 Å². The van der Waals surface area contributed by atoms with Crippen LogP contribution in [0.2, 0.25) is 0 Å². The number of unbranched alkanes of at least 4 members (excludes halogenated alkanes) is 7. The molecule has 1 unspecified atom stereocenters. The van der Waals surface area contributed by atoms with Crippen LogP contribution in [0, 0.1) is 0 Å². The van der Waals surface area contributed by atoms with E-state index in [1.807, 2.05) is 0 Å². The van der Waals surface area contributed by atoms with Gasteiger partial charge >= 0.3 is 24.2 Å². The van der Waals surface area contributed by atoms with Crippen molar-refractivity contribution in [2.24, 2.45) is 0 Å². The fraction of sp³-hybridized carbons (Fsp3) is 0.824. The van der Waals surface area contributed by atoms with Crippen LogP contribution in [0.1, 0.15) is 64.7 Å². The van der Waals surface area contributed by atoms with Crippen molar-refractivity contribution in [3.05, 3.63) is 12.7 Å². The molecule has 0 N–H and O–H groups in total. The molecule has 0 rings (SSSR count). The molecule has 0 saturated carbocycles. The fourth-order valence-electron chi connectivity index (χ4n) is 2.17. The maximum Gasteiger partial charge on any atom is 0.462 e. The van der Waals surface area contributed by atoms with E-state index in [4.69, 9.17) is 0 Å². The molecule has 0 spiro atoms. The van der Waals surface area contributed by atoms with Gasteiger partial charge in [-0.15, -0.1) is 0 Å². The summed E-state index contributed by atoms with van der Waals surface area (Å²) in [5.41, 5.74) is 0. The second-order valence-electron chi connectivity index (χ2n) is 6.04. The quantitative estimate of drug-likeness (QED) is 0.110. The number of halogens is 7. The van der Waals surface area contributed by atoms with E-state index in [9.17, 15) is 35.5 Å². The molecule has 3 nitrogen and oxygen atoms in total. The maximum atomic E-state index is 13.3. The smallest absolute Gasteiger partial charge is 0.432 e. The van der Waals surface area contributed by atoms with Gasteiger partial charge < -0.3 is 4.74 Å². The third kappa shape index (κ3) is 8.94. The first-order valence-electron chi connectivity index (χ1n) is 8.72. The van der Waals surface area contributed by atoms with E-state index in [2.05, 4.69) is 23.0 Å². The number of alkyl halides is 7. The topological polar surface area (TPSA) is 35.5 Å². The summed E-state index contributed by atoms with van der Waals surface area (Å²) in [4.78, 5) is 11.1. The molecule has 0 aromatic carbocycles. The minimum atomic E-state index is -6.53. The molecular formula is C17H25F7O3. The molecule has 160 valence electrons. The van der Waals surface area contributed by atoms with Crippen molar-refractivity contribution in [3.8, 4) is 0 Å². The van der Waals surface area contributed by atoms with Gasteiger partial charge in [0.15, 0.2) is 0 Å². The Morgan fingerprint density at radius 1 is 0.926 bits per heavy atom. The lowest BCUT2D eigenvalue weighted by Gasteiger charge is -2.30. The largest absolute Gasteiger partial charge is 0.462 e. The van der Waals surface area contributed by atoms with E-state index in [-0.39, 0.29) is 6.42 Å². The van der Waals surface area contributed by atoms with Gasteiger partial charge in [0, 0.05) is 12.5 Å². The van der Waals surface area contributed by atoms with Gasteiger partial charge in [0.25, 0.3) is 0 Å². The number of carbonyl (C=O) groups excluding carboxylic acids is 1. The predicted octanol–water partition coefficient (Wildman–Crippen LogP) is 6.38. The summed E-state index contributed by atoms with van der Waals surface area (Å²) in [6.45, 7) is 5.06. The lowest BCUT2D eigenvalue weighted by molar-refractivity contribution is -0.444. The molecule has 27 heavy (non-hydrogen) atoms. The molecule has 1 atom stereocenters. The maximum absolute atomic E-state index is 13.3. The van der Waals surface area contributed by atoms with Crippen molar-refractivity contribution in [3.63, 3.8) is 0 Å². The van der Waals surface area contributed by atoms with Gasteiger partial charge in [0.1, 0.15) is 0 Å². The standard InChI is InChI=1S/C17H25F7O3/c1-3-5-6-7-8-9-10-11-12-14(26-13(25)4-2)27-17(23,24)15(18,19)16(20,21)22/h4,14H,2-3,5-12H2,1H3. The summed E-state index contributed by atoms with van der Waals surface area (Å²) in [5, 5.41) is 0. The zero-order valence-electron chi connectivity index (χ0n) is 15.1. The van der Waals surface area contributed by atoms with Crippen LogP contribution in [0.25, 0.3) is 0 Å². The highest BCUT2D eigenvalue weighted by atomic mass is 19.4. The average molecular weight is 410 g/mol. The van der Waals surface area contributed by atoms with Crippen LogP contribution in [0.4, 0.5) is 30.7 Å². The fourth-order valence-corrected chi connectivity index (χ4v) is 2.17. The lowest BCUT2D eigenvalue weighted by atomic mass is 10.1. The number of rotatable bonds is 14. The van der Waals surface area contributed by atoms with Crippen LogP contribution in [0.5, 0.6) is 0 Å². The number of ether oxygens (including phenoxy) is 2. The molecule has 0 amide bonds. The second-order valence-corrected chi connectivity index (χ2v) is 6.04. The van der Waals surface area contributed by atoms with E-state index in [1.54, 1.807) is 0 Å². The highest BCUT2D eigenvalue weighted by Gasteiger charge is 2.75. The van der Waals surface area contributed by atoms with Crippen molar-refractivity contribution in [2.45, 2.75) is 89.2 Å². The Morgan fingerprint density at radius 2 is 1.41 bits per heavy atom. The zero-order valence-corrected chi connectivity index (χ0v) is 15.1. The number of hydrogen-bond donors (Lipinski definition) is 0. The van der Waals surface area contributed by atoms with E-state index in [1.165, 1.54) is 0 Å². The average Bonchev–Trinajstić information content (AvgIpc) is 2.55. The van der Waals surface area contributed by atoms with E-state index in [0.717, 1.165) is 38.5 Å². The summed E-state index contributed by atoms with van der Waals surface area (Å²) in [6, 6.07) is 0. The first-order valence-corrected chi connectivity index (χ1v) is 8.72. The Balaban J connectivity index is 4.68. The van der Waals surface area contributed by atoms with Gasteiger partial charge in [-0.2, -0.15) is 30.7 Å². The van der Waals surface area contributed by atoms with Crippen molar-refractivity contribution in [2.75, 3.05) is 0 Å². The molecule has 0 aliphatic heterocycles. The molecule has 0 aliphatic rings. The van der Waals surface area contributed by atoms with Crippen molar-refractivity contribution in [1.82, 2.24) is 0 Å². The third-order valence-electron chi connectivity index (χ3n) is 3.71. The molecule has 0 heterocycles. The van der Waals surface area contributed by atoms with Gasteiger partial charge in [-0.05, 0) is 6.42 Å². The molecule has 0 aromatic rings. The molecular weight excluding hydrogens is 385 g/mol. The second kappa shape index (κ2) is 11.5. The molecule has 0 fully saturated rings. The van der Waals surface area contributed by atoms with E-state index < -0.39 is 36.9 Å². The summed E-state index contributed by atoms with van der Waals surface area (Å²) < 4.78 is 96.9. The molecule has 10 heteroatoms. The first kappa shape index (κ1) is 25.7. The minimum Gasteiger partial charge on any atom is -0.432 e. The summed E-state index contributed by atoms with van der Waals surface area (Å²) in [6.07, 6.45) is -8.11. The van der Waals surface area contributed by atoms with Gasteiger partial charge in [-0.3, -0.25) is 4.74 Å². The van der Waals surface area contributed by atoms with Gasteiger partial charge in [0.05, 0.1) is 0 Å². The van der Waals surface area contributed by atoms with Crippen LogP contribution < -0.4 is 0 Å². The molecule has 0 saturated heterocycles. The van der Waals surface area contributed by atoms with E-state index >= 15 is 0 Å². The Bertz CT molecular complexity index is 450. The third-order valence-corrected chi connectivity index (χ3v) is 3.71. The highest BCUT2D eigenvalue weighted by Crippen LogP contribution is 2.47. The van der Waals surface area contributed by atoms with Crippen LogP contribution in [-0.2, 0) is 14.3 Å². The lowest BCUT2D eigenvalue weighted by Crippen LogP contribution is -2.54. The first-order chi connectivity index (χ1) is 12.4. The van der Waals surface area contributed by atoms with Gasteiger partial charge in [-0.25, -0.2) is 4.79 Å². The Kier molecular flexibility index (Phi) is 10.9. The van der Waals surface area contributed by atoms with Crippen LogP contribution >= 0.6 is 0 Å². The Morgan fingerprint density at radius 3 is 1.85 bits per heavy atom. The normalized spacial score (nSPS) is 14.1. The Hall–Kier alpha value is -1.32. The summed E-state index contributed by atoms with van der Waals surface area (Å²) in [5.74, 6) is -7.70. The molecule has 0 radical (unpaired) electrons. The highest BCUT2D eigenvalue weighted by molar-refractivity contribution is 5.81. The van der Waals surface area contributed by atoms with Crippen LogP contribution in [0.15, 0.2) is 12.7 Å². The van der Waals surface area contributed by atoms with Crippen molar-refractivity contribution in [1.29, 1.82) is 0 Å². The van der Waals surface area contributed by atoms with E-state index in [0.29, 0.717) is 12.5 Å². The van der Waals surface area contributed by atoms with Crippen LogP contribution in [-0.4, -0.2) is 30.5 Å². The minimum absolute atomic E-state index is 0.149. The molecule has 0 aliphatic carbocycles. The number of carbonyl (C=O) groups is 1. The zero-order chi connectivity index (χ0) is 21.1. The summed E-state index contributed by atoms with van der Waals surface area (Å²) in [7, 11) is 0. The number of hydrogen-bond acceptors (Lipinski definition) is 3. The molecule has 0 aromatic heterocycles. The Labute approximate surface area is 153 Å². The molecule has 0 bridgehead atoms. The van der Waals surface area contributed by atoms with Crippen molar-refractivity contribution >= 4 is 5.97 Å². The van der Waals surface area contributed by atoms with Crippen molar-refractivity contribution < 1.29 is 45.0 Å².